The smallest absolute Gasteiger partial charge is 0.111 e. The van der Waals surface area contributed by atoms with Gasteiger partial charge in [-0.2, -0.15) is 0 Å². The van der Waals surface area contributed by atoms with Gasteiger partial charge in [0.05, 0.1) is 19.4 Å². The van der Waals surface area contributed by atoms with Crippen LogP contribution in [-0.4, -0.2) is 93.6 Å². The van der Waals surface area contributed by atoms with Crippen molar-refractivity contribution >= 4 is 25.1 Å². The lowest BCUT2D eigenvalue weighted by molar-refractivity contribution is 0.0306. The highest BCUT2D eigenvalue weighted by atomic mass is 16.5. The SMILES string of the molecule is C=NCCN(C=NCC)CC1=NC=NC(N(C)C2CCOCC2)C1. The minimum atomic E-state index is 0.170. The normalized spacial score (nSPS) is 22.1. The van der Waals surface area contributed by atoms with Gasteiger partial charge < -0.3 is 9.64 Å². The summed E-state index contributed by atoms with van der Waals surface area (Å²) in [5.74, 6) is 0. The highest BCUT2D eigenvalue weighted by Crippen LogP contribution is 2.19. The van der Waals surface area contributed by atoms with Gasteiger partial charge in [-0.05, 0) is 33.5 Å². The molecule has 1 fully saturated rings. The second-order valence-corrected chi connectivity index (χ2v) is 6.19. The summed E-state index contributed by atoms with van der Waals surface area (Å²) in [6.45, 7) is 10.3. The average Bonchev–Trinajstić information content (AvgIpc) is 2.64. The zero-order valence-corrected chi connectivity index (χ0v) is 15.0. The third-order valence-electron chi connectivity index (χ3n) is 4.49. The number of hydrogen-bond donors (Lipinski definition) is 0. The maximum atomic E-state index is 5.46. The van der Waals surface area contributed by atoms with Gasteiger partial charge in [0.25, 0.3) is 0 Å². The molecule has 0 aromatic heterocycles. The molecule has 1 unspecified atom stereocenters. The molecular weight excluding hydrogens is 304 g/mol. The highest BCUT2D eigenvalue weighted by molar-refractivity contribution is 5.94. The van der Waals surface area contributed by atoms with Gasteiger partial charge in [-0.3, -0.25) is 19.9 Å². The van der Waals surface area contributed by atoms with Gasteiger partial charge in [0.2, 0.25) is 0 Å². The van der Waals surface area contributed by atoms with Crippen molar-refractivity contribution in [2.24, 2.45) is 20.0 Å². The predicted octanol–water partition coefficient (Wildman–Crippen LogP) is 1.35. The first-order valence-corrected chi connectivity index (χ1v) is 8.78. The Bertz CT molecular complexity index is 470. The van der Waals surface area contributed by atoms with E-state index in [1.54, 1.807) is 6.34 Å². The number of rotatable bonds is 9. The first-order chi connectivity index (χ1) is 11.7. The predicted molar refractivity (Wildman–Crippen MR) is 101 cm³/mol. The lowest BCUT2D eigenvalue weighted by atomic mass is 10.1. The van der Waals surface area contributed by atoms with Crippen LogP contribution in [0, 0.1) is 0 Å². The van der Waals surface area contributed by atoms with Crippen LogP contribution in [0.15, 0.2) is 20.0 Å². The molecule has 0 bridgehead atoms. The van der Waals surface area contributed by atoms with E-state index in [1.165, 1.54) is 0 Å². The molecule has 1 saturated heterocycles. The van der Waals surface area contributed by atoms with Gasteiger partial charge in [-0.15, -0.1) is 0 Å². The van der Waals surface area contributed by atoms with Crippen LogP contribution in [0.5, 0.6) is 0 Å². The second-order valence-electron chi connectivity index (χ2n) is 6.19. The molecule has 0 aromatic carbocycles. The van der Waals surface area contributed by atoms with Crippen LogP contribution >= 0.6 is 0 Å². The Kier molecular flexibility index (Phi) is 8.04. The standard InChI is InChI=1S/C17H30N6O/c1-4-19-14-23(8-7-18-2)12-15-11-17(21-13-20-15)22(3)16-5-9-24-10-6-16/h13-14,16-17H,2,4-12H2,1,3H3. The first-order valence-electron chi connectivity index (χ1n) is 8.78. The molecule has 7 heteroatoms. The molecule has 0 aliphatic carbocycles. The molecule has 134 valence electrons. The van der Waals surface area contributed by atoms with Crippen LogP contribution in [0.2, 0.25) is 0 Å². The van der Waals surface area contributed by atoms with E-state index in [4.69, 9.17) is 4.74 Å². The molecule has 1 atom stereocenters. The second kappa shape index (κ2) is 10.3. The summed E-state index contributed by atoms with van der Waals surface area (Å²) in [4.78, 5) is 21.9. The Morgan fingerprint density at radius 1 is 1.42 bits per heavy atom. The van der Waals surface area contributed by atoms with Gasteiger partial charge >= 0.3 is 0 Å². The zero-order chi connectivity index (χ0) is 17.2. The van der Waals surface area contributed by atoms with Crippen molar-refractivity contribution in [3.63, 3.8) is 0 Å². The van der Waals surface area contributed by atoms with Crippen molar-refractivity contribution in [1.82, 2.24) is 9.80 Å². The van der Waals surface area contributed by atoms with Crippen LogP contribution in [-0.2, 0) is 4.74 Å². The van der Waals surface area contributed by atoms with Crippen molar-refractivity contribution in [2.75, 3.05) is 46.4 Å². The van der Waals surface area contributed by atoms with Gasteiger partial charge in [0.1, 0.15) is 12.5 Å². The van der Waals surface area contributed by atoms with Gasteiger partial charge in [0, 0.05) is 44.5 Å². The molecule has 0 N–H and O–H groups in total. The third-order valence-corrected chi connectivity index (χ3v) is 4.49. The van der Waals surface area contributed by atoms with Crippen LogP contribution < -0.4 is 0 Å². The third kappa shape index (κ3) is 5.79. The monoisotopic (exact) mass is 334 g/mol. The van der Waals surface area contributed by atoms with E-state index in [9.17, 15) is 0 Å². The molecular formula is C17H30N6O. The Hall–Kier alpha value is -1.60. The van der Waals surface area contributed by atoms with Gasteiger partial charge in [-0.25, -0.2) is 4.99 Å². The fourth-order valence-corrected chi connectivity index (χ4v) is 3.01. The summed E-state index contributed by atoms with van der Waals surface area (Å²) in [6, 6.07) is 0.544. The number of nitrogens with zero attached hydrogens (tertiary/aromatic N) is 6. The van der Waals surface area contributed by atoms with E-state index >= 15 is 0 Å². The number of hydrogen-bond acceptors (Lipinski definition) is 6. The van der Waals surface area contributed by atoms with E-state index in [2.05, 4.69) is 43.5 Å². The molecule has 0 aromatic rings. The molecule has 2 heterocycles. The molecule has 0 radical (unpaired) electrons. The number of ether oxygens (including phenoxy) is 1. The van der Waals surface area contributed by atoms with Crippen molar-refractivity contribution in [2.45, 2.75) is 38.4 Å². The number of aliphatic imine (C=N–C) groups is 4. The summed E-state index contributed by atoms with van der Waals surface area (Å²) in [6.07, 6.45) is 6.80. The Morgan fingerprint density at radius 3 is 2.92 bits per heavy atom. The Balaban J connectivity index is 1.90. The molecule has 0 saturated carbocycles. The van der Waals surface area contributed by atoms with Crippen molar-refractivity contribution in [3.8, 4) is 0 Å². The van der Waals surface area contributed by atoms with Crippen LogP contribution in [0.25, 0.3) is 0 Å². The van der Waals surface area contributed by atoms with Crippen LogP contribution in [0.3, 0.4) is 0 Å². The molecule has 2 rings (SSSR count). The van der Waals surface area contributed by atoms with Crippen molar-refractivity contribution in [3.05, 3.63) is 0 Å². The molecule has 2 aliphatic heterocycles. The van der Waals surface area contributed by atoms with E-state index in [1.807, 2.05) is 13.3 Å². The minimum Gasteiger partial charge on any atom is -0.381 e. The lowest BCUT2D eigenvalue weighted by Crippen LogP contribution is -2.45. The molecule has 0 spiro atoms. The average molecular weight is 334 g/mol. The molecule has 7 nitrogen and oxygen atoms in total. The summed E-state index contributed by atoms with van der Waals surface area (Å²) in [7, 11) is 2.17. The first kappa shape index (κ1) is 18.7. The summed E-state index contributed by atoms with van der Waals surface area (Å²) in [5, 5.41) is 0. The fraction of sp³-hybridized carbons (Fsp3) is 0.765. The Labute approximate surface area is 145 Å². The topological polar surface area (TPSA) is 65.2 Å². The maximum absolute atomic E-state index is 5.46. The van der Waals surface area contributed by atoms with E-state index in [0.717, 1.165) is 57.8 Å². The molecule has 2 aliphatic rings. The fourth-order valence-electron chi connectivity index (χ4n) is 3.01. The Morgan fingerprint density at radius 2 is 2.21 bits per heavy atom. The van der Waals surface area contributed by atoms with E-state index in [0.29, 0.717) is 12.6 Å². The largest absolute Gasteiger partial charge is 0.381 e. The van der Waals surface area contributed by atoms with E-state index < -0.39 is 0 Å². The van der Waals surface area contributed by atoms with Gasteiger partial charge in [0.15, 0.2) is 0 Å². The zero-order valence-electron chi connectivity index (χ0n) is 15.0. The highest BCUT2D eigenvalue weighted by Gasteiger charge is 2.26. The lowest BCUT2D eigenvalue weighted by Gasteiger charge is -2.36. The van der Waals surface area contributed by atoms with Crippen LogP contribution in [0.1, 0.15) is 26.2 Å². The minimum absolute atomic E-state index is 0.170. The quantitative estimate of drug-likeness (QED) is 0.472. The molecule has 0 amide bonds. The summed E-state index contributed by atoms with van der Waals surface area (Å²) < 4.78 is 5.46. The van der Waals surface area contributed by atoms with Crippen molar-refractivity contribution < 1.29 is 4.74 Å². The van der Waals surface area contributed by atoms with Crippen LogP contribution in [0.4, 0.5) is 0 Å². The van der Waals surface area contributed by atoms with E-state index in [-0.39, 0.29) is 6.17 Å². The van der Waals surface area contributed by atoms with Crippen molar-refractivity contribution in [1.29, 1.82) is 0 Å². The molecule has 24 heavy (non-hydrogen) atoms. The maximum Gasteiger partial charge on any atom is 0.111 e. The summed E-state index contributed by atoms with van der Waals surface area (Å²) in [5.41, 5.74) is 1.14. The van der Waals surface area contributed by atoms with Gasteiger partial charge in [-0.1, -0.05) is 0 Å². The summed E-state index contributed by atoms with van der Waals surface area (Å²) >= 11 is 0.